The van der Waals surface area contributed by atoms with Crippen molar-refractivity contribution < 1.29 is 19.1 Å². The number of carboxylic acid groups (broad SMARTS) is 1. The highest BCUT2D eigenvalue weighted by atomic mass is 35.5. The van der Waals surface area contributed by atoms with E-state index in [1.54, 1.807) is 0 Å². The summed E-state index contributed by atoms with van der Waals surface area (Å²) < 4.78 is 13.1. The second-order valence-electron chi connectivity index (χ2n) is 5.46. The minimum atomic E-state index is -0.955. The summed E-state index contributed by atoms with van der Waals surface area (Å²) in [5, 5.41) is 11.9. The van der Waals surface area contributed by atoms with Gasteiger partial charge in [-0.2, -0.15) is 0 Å². The number of rotatable bonds is 3. The van der Waals surface area contributed by atoms with Crippen LogP contribution in [0.5, 0.6) is 0 Å². The average Bonchev–Trinajstić information content (AvgIpc) is 3.03. The molecule has 0 heterocycles. The molecule has 0 unspecified atom stereocenters. The fraction of sp³-hybridized carbons (Fsp3) is 0.333. The van der Waals surface area contributed by atoms with Gasteiger partial charge in [0.15, 0.2) is 0 Å². The molecule has 4 nitrogen and oxygen atoms in total. The molecule has 0 radical (unpaired) electrons. The molecule has 2 bridgehead atoms. The zero-order chi connectivity index (χ0) is 15.1. The van der Waals surface area contributed by atoms with Crippen molar-refractivity contribution in [3.63, 3.8) is 0 Å². The monoisotopic (exact) mass is 309 g/mol. The second-order valence-corrected chi connectivity index (χ2v) is 5.86. The zero-order valence-corrected chi connectivity index (χ0v) is 11.7. The highest BCUT2D eigenvalue weighted by Gasteiger charge is 2.51. The Bertz CT molecular complexity index is 646. The lowest BCUT2D eigenvalue weighted by molar-refractivity contribution is -0.146. The third kappa shape index (κ3) is 2.42. The number of carboxylic acids is 1. The van der Waals surface area contributed by atoms with E-state index in [9.17, 15) is 19.1 Å². The number of fused-ring (bicyclic) bond motifs is 2. The van der Waals surface area contributed by atoms with Crippen LogP contribution in [-0.4, -0.2) is 17.0 Å². The molecule has 2 aliphatic carbocycles. The van der Waals surface area contributed by atoms with Gasteiger partial charge in [-0.3, -0.25) is 9.59 Å². The summed E-state index contributed by atoms with van der Waals surface area (Å²) in [4.78, 5) is 23.7. The highest BCUT2D eigenvalue weighted by molar-refractivity contribution is 6.31. The Balaban J connectivity index is 1.80. The number of anilines is 1. The minimum Gasteiger partial charge on any atom is -0.481 e. The SMILES string of the molecule is O=C(O)[C@H]1[C@H](C(=O)Nc2ccc(F)c(Cl)c2)[C@H]2C=C[C@H]1C2. The number of hydrogen-bond donors (Lipinski definition) is 2. The zero-order valence-electron chi connectivity index (χ0n) is 10.9. The minimum absolute atomic E-state index is 0.0491. The number of allylic oxidation sites excluding steroid dienone is 2. The van der Waals surface area contributed by atoms with Gasteiger partial charge in [-0.25, -0.2) is 4.39 Å². The quantitative estimate of drug-likeness (QED) is 0.844. The molecule has 2 aliphatic rings. The summed E-state index contributed by atoms with van der Waals surface area (Å²) in [6.45, 7) is 0. The predicted molar refractivity (Wildman–Crippen MR) is 75.4 cm³/mol. The van der Waals surface area contributed by atoms with Crippen LogP contribution in [0.15, 0.2) is 30.4 Å². The average molecular weight is 310 g/mol. The molecule has 21 heavy (non-hydrogen) atoms. The molecule has 6 heteroatoms. The first-order chi connectivity index (χ1) is 9.97. The maximum atomic E-state index is 13.1. The van der Waals surface area contributed by atoms with E-state index < -0.39 is 23.6 Å². The first kappa shape index (κ1) is 14.1. The lowest BCUT2D eigenvalue weighted by Crippen LogP contribution is -2.36. The van der Waals surface area contributed by atoms with E-state index in [1.807, 2.05) is 12.2 Å². The third-order valence-corrected chi connectivity index (χ3v) is 4.52. The van der Waals surface area contributed by atoms with E-state index in [1.165, 1.54) is 12.1 Å². The van der Waals surface area contributed by atoms with Gasteiger partial charge >= 0.3 is 5.97 Å². The van der Waals surface area contributed by atoms with Crippen LogP contribution >= 0.6 is 11.6 Å². The predicted octanol–water partition coefficient (Wildman–Crippen LogP) is 2.94. The Labute approximate surface area is 125 Å². The molecule has 1 amide bonds. The summed E-state index contributed by atoms with van der Waals surface area (Å²) in [7, 11) is 0. The summed E-state index contributed by atoms with van der Waals surface area (Å²) in [5.41, 5.74) is 0.363. The normalized spacial score (nSPS) is 29.6. The van der Waals surface area contributed by atoms with E-state index in [2.05, 4.69) is 5.32 Å². The van der Waals surface area contributed by atoms with Crippen LogP contribution in [0.2, 0.25) is 5.02 Å². The van der Waals surface area contributed by atoms with Crippen LogP contribution in [0.1, 0.15) is 6.42 Å². The fourth-order valence-electron chi connectivity index (χ4n) is 3.32. The molecular weight excluding hydrogens is 297 g/mol. The van der Waals surface area contributed by atoms with Crippen LogP contribution in [0.4, 0.5) is 10.1 Å². The number of amides is 1. The molecular formula is C15H13ClFNO3. The topological polar surface area (TPSA) is 66.4 Å². The fourth-order valence-corrected chi connectivity index (χ4v) is 3.50. The van der Waals surface area contributed by atoms with Crippen LogP contribution in [0.25, 0.3) is 0 Å². The first-order valence-electron chi connectivity index (χ1n) is 6.64. The van der Waals surface area contributed by atoms with E-state index in [-0.39, 0.29) is 22.8 Å². The Morgan fingerprint density at radius 1 is 1.24 bits per heavy atom. The van der Waals surface area contributed by atoms with Crippen molar-refractivity contribution in [3.8, 4) is 0 Å². The molecule has 0 aliphatic heterocycles. The van der Waals surface area contributed by atoms with Gasteiger partial charge < -0.3 is 10.4 Å². The maximum absolute atomic E-state index is 13.1. The Hall–Kier alpha value is -1.88. The molecule has 110 valence electrons. The summed E-state index contributed by atoms with van der Waals surface area (Å²) in [6.07, 6.45) is 4.48. The molecule has 1 fully saturated rings. The number of carbonyl (C=O) groups is 2. The molecule has 1 aromatic carbocycles. The van der Waals surface area contributed by atoms with Gasteiger partial charge in [0.25, 0.3) is 0 Å². The Morgan fingerprint density at radius 2 is 1.90 bits per heavy atom. The van der Waals surface area contributed by atoms with Gasteiger partial charge in [0.2, 0.25) is 5.91 Å². The summed E-state index contributed by atoms with van der Waals surface area (Å²) in [6, 6.07) is 3.87. The van der Waals surface area contributed by atoms with E-state index in [4.69, 9.17) is 11.6 Å². The van der Waals surface area contributed by atoms with Crippen molar-refractivity contribution in [2.24, 2.45) is 23.7 Å². The number of hydrogen-bond acceptors (Lipinski definition) is 2. The van der Waals surface area contributed by atoms with Crippen LogP contribution in [0, 0.1) is 29.5 Å². The lowest BCUT2D eigenvalue weighted by Gasteiger charge is -2.23. The highest BCUT2D eigenvalue weighted by Crippen LogP contribution is 2.48. The van der Waals surface area contributed by atoms with Crippen LogP contribution < -0.4 is 5.32 Å². The lowest BCUT2D eigenvalue weighted by atomic mass is 9.82. The van der Waals surface area contributed by atoms with Gasteiger partial charge in [-0.1, -0.05) is 23.8 Å². The molecule has 0 aromatic heterocycles. The smallest absolute Gasteiger partial charge is 0.307 e. The van der Waals surface area contributed by atoms with Crippen molar-refractivity contribution in [2.75, 3.05) is 5.32 Å². The van der Waals surface area contributed by atoms with Crippen molar-refractivity contribution in [1.29, 1.82) is 0 Å². The Morgan fingerprint density at radius 3 is 2.52 bits per heavy atom. The van der Waals surface area contributed by atoms with Gasteiger partial charge in [-0.15, -0.1) is 0 Å². The van der Waals surface area contributed by atoms with E-state index in [0.717, 1.165) is 6.07 Å². The number of aliphatic carboxylic acids is 1. The van der Waals surface area contributed by atoms with E-state index >= 15 is 0 Å². The van der Waals surface area contributed by atoms with E-state index in [0.29, 0.717) is 12.1 Å². The van der Waals surface area contributed by atoms with Crippen molar-refractivity contribution >= 4 is 29.2 Å². The Kier molecular flexibility index (Phi) is 3.45. The van der Waals surface area contributed by atoms with Crippen molar-refractivity contribution in [1.82, 2.24) is 0 Å². The molecule has 1 saturated carbocycles. The molecule has 4 atom stereocenters. The number of benzene rings is 1. The van der Waals surface area contributed by atoms with Crippen LogP contribution in [-0.2, 0) is 9.59 Å². The van der Waals surface area contributed by atoms with Gasteiger partial charge in [0.1, 0.15) is 5.82 Å². The van der Waals surface area contributed by atoms with Gasteiger partial charge in [-0.05, 0) is 36.5 Å². The molecule has 3 rings (SSSR count). The van der Waals surface area contributed by atoms with Gasteiger partial charge in [0.05, 0.1) is 16.9 Å². The molecule has 2 N–H and O–H groups in total. The number of carbonyl (C=O) groups excluding carboxylic acids is 1. The number of nitrogens with one attached hydrogen (secondary N) is 1. The maximum Gasteiger partial charge on any atom is 0.307 e. The largest absolute Gasteiger partial charge is 0.481 e. The second kappa shape index (κ2) is 5.15. The molecule has 0 spiro atoms. The summed E-state index contributed by atoms with van der Waals surface area (Å²) in [5.74, 6) is -3.31. The molecule has 1 aromatic rings. The van der Waals surface area contributed by atoms with Gasteiger partial charge in [0, 0.05) is 5.69 Å². The number of halogens is 2. The van der Waals surface area contributed by atoms with Crippen LogP contribution in [0.3, 0.4) is 0 Å². The summed E-state index contributed by atoms with van der Waals surface area (Å²) >= 11 is 5.67. The van der Waals surface area contributed by atoms with Crippen molar-refractivity contribution in [2.45, 2.75) is 6.42 Å². The van der Waals surface area contributed by atoms with Crippen molar-refractivity contribution in [3.05, 3.63) is 41.2 Å². The first-order valence-corrected chi connectivity index (χ1v) is 7.02. The molecule has 0 saturated heterocycles. The third-order valence-electron chi connectivity index (χ3n) is 4.23. The standard InChI is InChI=1S/C15H13ClFNO3/c16-10-6-9(3-4-11(10)17)18-14(19)12-7-1-2-8(5-7)13(12)15(20)21/h1-4,6-8,12-13H,5H2,(H,18,19)(H,20,21)/t7-,8-,12+,13+/m0/s1.